The van der Waals surface area contributed by atoms with Gasteiger partial charge < -0.3 is 20.1 Å². The number of nitrogens with one attached hydrogen (secondary N) is 2. The number of hydrogen-bond donors (Lipinski definition) is 2. The Morgan fingerprint density at radius 2 is 1.73 bits per heavy atom. The summed E-state index contributed by atoms with van der Waals surface area (Å²) in [4.78, 5) is 44.9. The SMILES string of the molecule is COc1cc2ncn(CC(=O)NCC(=O)NCc3ccncc3)c(=O)c2cc1OC. The van der Waals surface area contributed by atoms with Crippen LogP contribution in [0.15, 0.2) is 47.8 Å². The predicted octanol–water partition coefficient (Wildman–Crippen LogP) is 0.241. The Labute approximate surface area is 171 Å². The van der Waals surface area contributed by atoms with Crippen LogP contribution in [0, 0.1) is 0 Å². The van der Waals surface area contributed by atoms with Crippen molar-refractivity contribution < 1.29 is 19.1 Å². The number of nitrogens with zero attached hydrogens (tertiary/aromatic N) is 3. The highest BCUT2D eigenvalue weighted by molar-refractivity contribution is 5.85. The van der Waals surface area contributed by atoms with Gasteiger partial charge in [0.1, 0.15) is 6.54 Å². The Bertz CT molecular complexity index is 1110. The molecule has 0 aliphatic heterocycles. The van der Waals surface area contributed by atoms with E-state index in [0.29, 0.717) is 23.6 Å². The summed E-state index contributed by atoms with van der Waals surface area (Å²) >= 11 is 0. The van der Waals surface area contributed by atoms with E-state index in [1.807, 2.05) is 0 Å². The number of rotatable bonds is 8. The maximum atomic E-state index is 12.7. The van der Waals surface area contributed by atoms with Crippen LogP contribution in [0.25, 0.3) is 10.9 Å². The van der Waals surface area contributed by atoms with E-state index in [1.165, 1.54) is 31.2 Å². The van der Waals surface area contributed by atoms with Crippen LogP contribution in [0.3, 0.4) is 0 Å². The summed E-state index contributed by atoms with van der Waals surface area (Å²) in [6, 6.07) is 6.67. The van der Waals surface area contributed by atoms with E-state index in [1.54, 1.807) is 30.6 Å². The lowest BCUT2D eigenvalue weighted by molar-refractivity contribution is -0.126. The molecular weight excluding hydrogens is 390 g/mol. The number of carbonyl (C=O) groups excluding carboxylic acids is 2. The number of methoxy groups -OCH3 is 2. The van der Waals surface area contributed by atoms with Crippen LogP contribution in [0.4, 0.5) is 0 Å². The molecule has 3 rings (SSSR count). The first-order chi connectivity index (χ1) is 14.5. The number of fused-ring (bicyclic) bond motifs is 1. The average molecular weight is 411 g/mol. The first-order valence-electron chi connectivity index (χ1n) is 9.05. The molecule has 2 aromatic heterocycles. The van der Waals surface area contributed by atoms with Crippen LogP contribution in [0.1, 0.15) is 5.56 Å². The van der Waals surface area contributed by atoms with Crippen molar-refractivity contribution in [2.45, 2.75) is 13.1 Å². The lowest BCUT2D eigenvalue weighted by Gasteiger charge is -2.11. The van der Waals surface area contributed by atoms with Gasteiger partial charge in [0, 0.05) is 25.0 Å². The number of carbonyl (C=O) groups is 2. The van der Waals surface area contributed by atoms with Gasteiger partial charge in [-0.1, -0.05) is 0 Å². The molecule has 10 nitrogen and oxygen atoms in total. The highest BCUT2D eigenvalue weighted by Gasteiger charge is 2.13. The normalized spacial score (nSPS) is 10.5. The Morgan fingerprint density at radius 3 is 2.43 bits per heavy atom. The van der Waals surface area contributed by atoms with Gasteiger partial charge in [-0.25, -0.2) is 4.98 Å². The standard InChI is InChI=1S/C20H21N5O5/c1-29-16-7-14-15(8-17(16)30-2)24-12-25(20(14)28)11-19(27)23-10-18(26)22-9-13-3-5-21-6-4-13/h3-8,12H,9-11H2,1-2H3,(H,22,26)(H,23,27). The van der Waals surface area contributed by atoms with Crippen LogP contribution in [0.5, 0.6) is 11.5 Å². The van der Waals surface area contributed by atoms with Crippen LogP contribution in [-0.4, -0.2) is 47.1 Å². The van der Waals surface area contributed by atoms with Gasteiger partial charge in [-0.05, 0) is 23.8 Å². The zero-order valence-corrected chi connectivity index (χ0v) is 16.5. The van der Waals surface area contributed by atoms with Gasteiger partial charge in [0.2, 0.25) is 11.8 Å². The Balaban J connectivity index is 1.61. The summed E-state index contributed by atoms with van der Waals surface area (Å²) in [7, 11) is 2.95. The summed E-state index contributed by atoms with van der Waals surface area (Å²) in [6.07, 6.45) is 4.54. The zero-order valence-electron chi connectivity index (χ0n) is 16.5. The maximum Gasteiger partial charge on any atom is 0.261 e. The van der Waals surface area contributed by atoms with Gasteiger partial charge >= 0.3 is 0 Å². The van der Waals surface area contributed by atoms with Crippen molar-refractivity contribution in [2.24, 2.45) is 0 Å². The van der Waals surface area contributed by atoms with Crippen molar-refractivity contribution in [1.29, 1.82) is 0 Å². The molecule has 0 fully saturated rings. The number of ether oxygens (including phenoxy) is 2. The molecule has 0 bridgehead atoms. The molecule has 2 heterocycles. The van der Waals surface area contributed by atoms with Crippen LogP contribution in [0.2, 0.25) is 0 Å². The molecule has 0 unspecified atom stereocenters. The lowest BCUT2D eigenvalue weighted by Crippen LogP contribution is -2.39. The zero-order chi connectivity index (χ0) is 21.5. The molecule has 10 heteroatoms. The van der Waals surface area contributed by atoms with Crippen LogP contribution in [-0.2, 0) is 22.7 Å². The fourth-order valence-corrected chi connectivity index (χ4v) is 2.75. The topological polar surface area (TPSA) is 124 Å². The van der Waals surface area contributed by atoms with Gasteiger partial charge in [0.15, 0.2) is 11.5 Å². The molecule has 2 amide bonds. The molecule has 3 aromatic rings. The average Bonchev–Trinajstić information content (AvgIpc) is 2.78. The lowest BCUT2D eigenvalue weighted by atomic mass is 10.2. The van der Waals surface area contributed by atoms with Crippen molar-refractivity contribution in [3.63, 3.8) is 0 Å². The van der Waals surface area contributed by atoms with E-state index in [-0.39, 0.29) is 24.4 Å². The molecule has 30 heavy (non-hydrogen) atoms. The van der Waals surface area contributed by atoms with E-state index < -0.39 is 11.5 Å². The first kappa shape index (κ1) is 20.8. The number of benzene rings is 1. The Morgan fingerprint density at radius 1 is 1.03 bits per heavy atom. The monoisotopic (exact) mass is 411 g/mol. The third-order valence-corrected chi connectivity index (χ3v) is 4.33. The fourth-order valence-electron chi connectivity index (χ4n) is 2.75. The minimum atomic E-state index is -0.488. The summed E-state index contributed by atoms with van der Waals surface area (Å²) < 4.78 is 11.6. The van der Waals surface area contributed by atoms with Crippen LogP contribution >= 0.6 is 0 Å². The molecule has 2 N–H and O–H groups in total. The van der Waals surface area contributed by atoms with Gasteiger partial charge in [-0.3, -0.25) is 23.9 Å². The molecule has 0 radical (unpaired) electrons. The number of amides is 2. The quantitative estimate of drug-likeness (QED) is 0.544. The molecule has 0 spiro atoms. The number of aromatic nitrogens is 3. The second-order valence-electron chi connectivity index (χ2n) is 6.31. The predicted molar refractivity (Wildman–Crippen MR) is 108 cm³/mol. The van der Waals surface area contributed by atoms with E-state index in [4.69, 9.17) is 9.47 Å². The van der Waals surface area contributed by atoms with Gasteiger partial charge in [-0.2, -0.15) is 0 Å². The third kappa shape index (κ3) is 4.90. The highest BCUT2D eigenvalue weighted by atomic mass is 16.5. The van der Waals surface area contributed by atoms with Gasteiger partial charge in [-0.15, -0.1) is 0 Å². The van der Waals surface area contributed by atoms with E-state index >= 15 is 0 Å². The fraction of sp³-hybridized carbons (Fsp3) is 0.250. The molecule has 156 valence electrons. The van der Waals surface area contributed by atoms with E-state index in [0.717, 1.165) is 5.56 Å². The molecule has 0 saturated heterocycles. The highest BCUT2D eigenvalue weighted by Crippen LogP contribution is 2.29. The molecule has 0 atom stereocenters. The largest absolute Gasteiger partial charge is 0.493 e. The minimum Gasteiger partial charge on any atom is -0.493 e. The van der Waals surface area contributed by atoms with Crippen molar-refractivity contribution in [3.8, 4) is 11.5 Å². The van der Waals surface area contributed by atoms with Crippen molar-refractivity contribution in [2.75, 3.05) is 20.8 Å². The Hall–Kier alpha value is -3.95. The number of pyridine rings is 1. The van der Waals surface area contributed by atoms with E-state index in [9.17, 15) is 14.4 Å². The van der Waals surface area contributed by atoms with Crippen molar-refractivity contribution in [1.82, 2.24) is 25.2 Å². The third-order valence-electron chi connectivity index (χ3n) is 4.33. The summed E-state index contributed by atoms with van der Waals surface area (Å²) in [6.45, 7) is -0.144. The second-order valence-corrected chi connectivity index (χ2v) is 6.31. The smallest absolute Gasteiger partial charge is 0.261 e. The summed E-state index contributed by atoms with van der Waals surface area (Å²) in [5, 5.41) is 5.47. The molecule has 0 saturated carbocycles. The summed E-state index contributed by atoms with van der Waals surface area (Å²) in [5.41, 5.74) is 0.911. The molecule has 1 aromatic carbocycles. The first-order valence-corrected chi connectivity index (χ1v) is 9.05. The second kappa shape index (κ2) is 9.50. The molecule has 0 aliphatic carbocycles. The van der Waals surface area contributed by atoms with Gasteiger partial charge in [0.05, 0.1) is 38.0 Å². The maximum absolute atomic E-state index is 12.7. The summed E-state index contributed by atoms with van der Waals surface area (Å²) in [5.74, 6) is 0.000839. The molecular formula is C20H21N5O5. The molecule has 0 aliphatic rings. The van der Waals surface area contributed by atoms with Crippen molar-refractivity contribution >= 4 is 22.7 Å². The van der Waals surface area contributed by atoms with Gasteiger partial charge in [0.25, 0.3) is 5.56 Å². The minimum absolute atomic E-state index is 0.204. The number of hydrogen-bond acceptors (Lipinski definition) is 7. The Kier molecular flexibility index (Phi) is 6.58. The van der Waals surface area contributed by atoms with Crippen LogP contribution < -0.4 is 25.7 Å². The van der Waals surface area contributed by atoms with Crippen molar-refractivity contribution in [3.05, 3.63) is 58.9 Å². The van der Waals surface area contributed by atoms with E-state index in [2.05, 4.69) is 20.6 Å².